The smallest absolute Gasteiger partial charge is 0.177 e. The van der Waals surface area contributed by atoms with E-state index in [9.17, 15) is 0 Å². The van der Waals surface area contributed by atoms with Gasteiger partial charge in [0.25, 0.3) is 0 Å². The van der Waals surface area contributed by atoms with E-state index >= 15 is 0 Å². The molecule has 0 spiro atoms. The summed E-state index contributed by atoms with van der Waals surface area (Å²) in [7, 11) is 0. The van der Waals surface area contributed by atoms with Crippen LogP contribution in [0.2, 0.25) is 0 Å². The van der Waals surface area contributed by atoms with Gasteiger partial charge in [0.05, 0.1) is 16.7 Å². The van der Waals surface area contributed by atoms with E-state index in [2.05, 4.69) is 161 Å². The van der Waals surface area contributed by atoms with Crippen molar-refractivity contribution in [2.75, 3.05) is 4.90 Å². The van der Waals surface area contributed by atoms with Crippen molar-refractivity contribution in [1.82, 2.24) is 9.55 Å². The number of hydrogen-bond acceptors (Lipinski definition) is 3. The molecule has 51 heavy (non-hydrogen) atoms. The summed E-state index contributed by atoms with van der Waals surface area (Å²) in [6.07, 6.45) is 1.89. The minimum absolute atomic E-state index is 0.762. The summed E-state index contributed by atoms with van der Waals surface area (Å²) >= 11 is 0. The number of furan rings is 1. The largest absolute Gasteiger partial charge is 0.452 e. The summed E-state index contributed by atoms with van der Waals surface area (Å²) in [5.74, 6) is 0. The van der Waals surface area contributed by atoms with Gasteiger partial charge in [-0.05, 0) is 99.0 Å². The number of fused-ring (bicyclic) bond motifs is 10. The minimum Gasteiger partial charge on any atom is -0.452 e. The van der Waals surface area contributed by atoms with Crippen LogP contribution in [0.1, 0.15) is 0 Å². The van der Waals surface area contributed by atoms with Gasteiger partial charge in [0.1, 0.15) is 11.1 Å². The molecule has 3 aromatic heterocycles. The zero-order valence-corrected chi connectivity index (χ0v) is 27.5. The standard InChI is InChI=1S/C47H29N3O/c1-2-11-33-27-35(21-17-30(33)9-1)49(43-25-26-48-46-40-14-6-8-16-44(40)51-47(43)46)36-22-18-31-19-23-37(29-34(31)28-36)50-41-15-7-5-13-39(41)45-38-12-4-3-10-32(38)20-24-42(45)50/h1-29H. The summed E-state index contributed by atoms with van der Waals surface area (Å²) in [5, 5.41) is 10.8. The van der Waals surface area contributed by atoms with Crippen LogP contribution in [-0.4, -0.2) is 9.55 Å². The number of pyridine rings is 1. The Morgan fingerprint density at radius 1 is 0.471 bits per heavy atom. The van der Waals surface area contributed by atoms with Gasteiger partial charge in [0.2, 0.25) is 0 Å². The summed E-state index contributed by atoms with van der Waals surface area (Å²) in [6.45, 7) is 0. The number of benzene rings is 8. The van der Waals surface area contributed by atoms with E-state index < -0.39 is 0 Å². The van der Waals surface area contributed by atoms with Crippen molar-refractivity contribution in [2.45, 2.75) is 0 Å². The summed E-state index contributed by atoms with van der Waals surface area (Å²) < 4.78 is 8.96. The average Bonchev–Trinajstić information content (AvgIpc) is 3.74. The number of nitrogens with zero attached hydrogens (tertiary/aromatic N) is 3. The Hall–Kier alpha value is -6.91. The molecule has 8 aromatic carbocycles. The molecule has 0 N–H and O–H groups in total. The molecule has 4 heteroatoms. The topological polar surface area (TPSA) is 34.2 Å². The predicted octanol–water partition coefficient (Wildman–Crippen LogP) is 13.0. The van der Waals surface area contributed by atoms with Gasteiger partial charge in [-0.1, -0.05) is 103 Å². The number of rotatable bonds is 4. The number of para-hydroxylation sites is 2. The van der Waals surface area contributed by atoms with Crippen LogP contribution in [0, 0.1) is 0 Å². The molecular formula is C47H29N3O. The first-order valence-corrected chi connectivity index (χ1v) is 17.3. The maximum atomic E-state index is 6.56. The first-order chi connectivity index (χ1) is 25.3. The molecule has 238 valence electrons. The van der Waals surface area contributed by atoms with Crippen molar-refractivity contribution in [1.29, 1.82) is 0 Å². The van der Waals surface area contributed by atoms with Crippen molar-refractivity contribution < 1.29 is 4.42 Å². The fourth-order valence-corrected chi connectivity index (χ4v) is 8.03. The van der Waals surface area contributed by atoms with Crippen molar-refractivity contribution in [3.63, 3.8) is 0 Å². The normalized spacial score (nSPS) is 11.9. The lowest BCUT2D eigenvalue weighted by Crippen LogP contribution is -2.10. The van der Waals surface area contributed by atoms with Crippen LogP contribution in [-0.2, 0) is 0 Å². The maximum absolute atomic E-state index is 6.56. The second-order valence-corrected chi connectivity index (χ2v) is 13.2. The molecule has 3 heterocycles. The van der Waals surface area contributed by atoms with E-state index in [0.717, 1.165) is 50.2 Å². The van der Waals surface area contributed by atoms with Crippen LogP contribution in [0.25, 0.3) is 81.9 Å². The van der Waals surface area contributed by atoms with Crippen LogP contribution in [0.5, 0.6) is 0 Å². The van der Waals surface area contributed by atoms with E-state index in [1.807, 2.05) is 24.4 Å². The summed E-state index contributed by atoms with van der Waals surface area (Å²) in [6, 6.07) is 60.8. The van der Waals surface area contributed by atoms with Crippen LogP contribution < -0.4 is 4.90 Å². The fraction of sp³-hybridized carbons (Fsp3) is 0. The minimum atomic E-state index is 0.762. The summed E-state index contributed by atoms with van der Waals surface area (Å²) in [4.78, 5) is 7.09. The van der Waals surface area contributed by atoms with Gasteiger partial charge >= 0.3 is 0 Å². The third kappa shape index (κ3) is 4.23. The van der Waals surface area contributed by atoms with Crippen LogP contribution in [0.4, 0.5) is 17.1 Å². The molecule has 0 aliphatic heterocycles. The van der Waals surface area contributed by atoms with Gasteiger partial charge in [0, 0.05) is 39.4 Å². The van der Waals surface area contributed by atoms with Crippen molar-refractivity contribution in [3.05, 3.63) is 176 Å². The molecule has 11 rings (SSSR count). The quantitative estimate of drug-likeness (QED) is 0.190. The number of aromatic nitrogens is 2. The van der Waals surface area contributed by atoms with Gasteiger partial charge in [0.15, 0.2) is 5.58 Å². The van der Waals surface area contributed by atoms with Gasteiger partial charge in [-0.2, -0.15) is 0 Å². The Balaban J connectivity index is 1.15. The summed E-state index contributed by atoms with van der Waals surface area (Å²) in [5.41, 5.74) is 9.00. The molecule has 0 atom stereocenters. The van der Waals surface area contributed by atoms with Gasteiger partial charge in [-0.3, -0.25) is 4.98 Å². The lowest BCUT2D eigenvalue weighted by molar-refractivity contribution is 0.668. The van der Waals surface area contributed by atoms with Gasteiger partial charge < -0.3 is 13.9 Å². The highest BCUT2D eigenvalue weighted by Gasteiger charge is 2.21. The van der Waals surface area contributed by atoms with E-state index in [4.69, 9.17) is 9.40 Å². The molecule has 0 fully saturated rings. The van der Waals surface area contributed by atoms with Crippen LogP contribution in [0.3, 0.4) is 0 Å². The number of hydrogen-bond donors (Lipinski definition) is 0. The Labute approximate surface area is 293 Å². The highest BCUT2D eigenvalue weighted by molar-refractivity contribution is 6.21. The predicted molar refractivity (Wildman–Crippen MR) is 213 cm³/mol. The lowest BCUT2D eigenvalue weighted by atomic mass is 10.0. The highest BCUT2D eigenvalue weighted by Crippen LogP contribution is 2.43. The molecule has 0 bridgehead atoms. The van der Waals surface area contributed by atoms with E-state index in [-0.39, 0.29) is 0 Å². The first-order valence-electron chi connectivity index (χ1n) is 17.3. The molecule has 0 unspecified atom stereocenters. The second kappa shape index (κ2) is 10.8. The molecule has 0 aliphatic rings. The molecule has 0 radical (unpaired) electrons. The zero-order valence-electron chi connectivity index (χ0n) is 27.5. The lowest BCUT2D eigenvalue weighted by Gasteiger charge is -2.26. The molecule has 11 aromatic rings. The molecule has 0 saturated heterocycles. The maximum Gasteiger partial charge on any atom is 0.177 e. The first kappa shape index (κ1) is 28.0. The van der Waals surface area contributed by atoms with E-state index in [0.29, 0.717) is 0 Å². The van der Waals surface area contributed by atoms with Crippen molar-refractivity contribution >= 4 is 93.3 Å². The van der Waals surface area contributed by atoms with Crippen LogP contribution >= 0.6 is 0 Å². The molecule has 0 saturated carbocycles. The monoisotopic (exact) mass is 651 g/mol. The average molecular weight is 652 g/mol. The van der Waals surface area contributed by atoms with E-state index in [1.54, 1.807) is 0 Å². The molecule has 0 aliphatic carbocycles. The zero-order chi connectivity index (χ0) is 33.5. The number of anilines is 3. The SMILES string of the molecule is c1ccc2cc(N(c3ccc4ccc(-n5c6ccccc6c6c7ccccc7ccc65)cc4c3)c3ccnc4c3oc3ccccc34)ccc2c1. The molecular weight excluding hydrogens is 623 g/mol. The third-order valence-corrected chi connectivity index (χ3v) is 10.4. The Bertz CT molecular complexity index is 3170. The Morgan fingerprint density at radius 2 is 1.12 bits per heavy atom. The fourth-order valence-electron chi connectivity index (χ4n) is 8.03. The molecule has 0 amide bonds. The van der Waals surface area contributed by atoms with E-state index in [1.165, 1.54) is 48.7 Å². The second-order valence-electron chi connectivity index (χ2n) is 13.2. The van der Waals surface area contributed by atoms with Crippen molar-refractivity contribution in [3.8, 4) is 5.69 Å². The third-order valence-electron chi connectivity index (χ3n) is 10.4. The van der Waals surface area contributed by atoms with Crippen molar-refractivity contribution in [2.24, 2.45) is 0 Å². The molecule has 4 nitrogen and oxygen atoms in total. The van der Waals surface area contributed by atoms with Gasteiger partial charge in [-0.15, -0.1) is 0 Å². The highest BCUT2D eigenvalue weighted by atomic mass is 16.3. The van der Waals surface area contributed by atoms with Crippen LogP contribution in [0.15, 0.2) is 180 Å². The Kier molecular flexibility index (Phi) is 5.92. The Morgan fingerprint density at radius 3 is 1.98 bits per heavy atom. The van der Waals surface area contributed by atoms with Gasteiger partial charge in [-0.25, -0.2) is 0 Å².